The van der Waals surface area contributed by atoms with Crippen molar-refractivity contribution < 1.29 is 19.4 Å². The van der Waals surface area contributed by atoms with Gasteiger partial charge < -0.3 is 9.84 Å². The Morgan fingerprint density at radius 1 is 1.40 bits per heavy atom. The molecule has 0 radical (unpaired) electrons. The molecule has 2 aromatic rings. The maximum absolute atomic E-state index is 12.9. The summed E-state index contributed by atoms with van der Waals surface area (Å²) in [5.74, 6) is -1.27. The third kappa shape index (κ3) is 3.34. The van der Waals surface area contributed by atoms with Crippen LogP contribution in [0.4, 0.5) is 5.69 Å². The molecule has 1 aliphatic heterocycles. The molecular formula is C18H15ClN2O4. The lowest BCUT2D eigenvalue weighted by Crippen LogP contribution is -2.48. The van der Waals surface area contributed by atoms with E-state index in [9.17, 15) is 14.7 Å². The van der Waals surface area contributed by atoms with Gasteiger partial charge in [-0.15, -0.1) is 0 Å². The van der Waals surface area contributed by atoms with Crippen LogP contribution in [0.25, 0.3) is 6.08 Å². The minimum absolute atomic E-state index is 0.00761. The second kappa shape index (κ2) is 6.94. The second-order valence-corrected chi connectivity index (χ2v) is 5.85. The first-order valence-electron chi connectivity index (χ1n) is 7.67. The van der Waals surface area contributed by atoms with Crippen LogP contribution >= 0.6 is 11.6 Å². The number of hydrogen-bond donors (Lipinski definition) is 1. The topological polar surface area (TPSA) is 79.7 Å². The van der Waals surface area contributed by atoms with Crippen LogP contribution < -0.4 is 9.64 Å². The van der Waals surface area contributed by atoms with Crippen LogP contribution in [0.15, 0.2) is 48.4 Å². The van der Waals surface area contributed by atoms with E-state index in [-0.39, 0.29) is 12.2 Å². The lowest BCUT2D eigenvalue weighted by Gasteiger charge is -2.34. The Hall–Kier alpha value is -2.86. The number of rotatable bonds is 4. The molecule has 0 saturated heterocycles. The van der Waals surface area contributed by atoms with Crippen LogP contribution in [-0.4, -0.2) is 28.0 Å². The van der Waals surface area contributed by atoms with E-state index in [0.29, 0.717) is 22.2 Å². The third-order valence-corrected chi connectivity index (χ3v) is 4.02. The highest BCUT2D eigenvalue weighted by Gasteiger charge is 2.38. The van der Waals surface area contributed by atoms with Gasteiger partial charge in [0.1, 0.15) is 6.04 Å². The van der Waals surface area contributed by atoms with Crippen LogP contribution in [-0.2, 0) is 9.59 Å². The fourth-order valence-corrected chi connectivity index (χ4v) is 2.79. The summed E-state index contributed by atoms with van der Waals surface area (Å²) < 4.78 is 5.69. The van der Waals surface area contributed by atoms with Crippen molar-refractivity contribution in [3.8, 4) is 5.75 Å². The normalized spacial score (nSPS) is 16.3. The Balaban J connectivity index is 2.12. The third-order valence-electron chi connectivity index (χ3n) is 3.78. The van der Waals surface area contributed by atoms with Crippen molar-refractivity contribution in [3.63, 3.8) is 0 Å². The number of anilines is 1. The van der Waals surface area contributed by atoms with Gasteiger partial charge in [-0.25, -0.2) is 4.79 Å². The molecule has 128 valence electrons. The first-order valence-corrected chi connectivity index (χ1v) is 8.05. The van der Waals surface area contributed by atoms with Crippen molar-refractivity contribution in [1.82, 2.24) is 4.98 Å². The fraction of sp³-hybridized carbons (Fsp3) is 0.167. The first-order chi connectivity index (χ1) is 12.0. The summed E-state index contributed by atoms with van der Waals surface area (Å²) in [5, 5.41) is 9.90. The monoisotopic (exact) mass is 358 g/mol. The van der Waals surface area contributed by atoms with E-state index in [1.54, 1.807) is 43.5 Å². The van der Waals surface area contributed by atoms with Crippen LogP contribution in [0.1, 0.15) is 19.0 Å². The number of ether oxygens (including phenoxy) is 1. The van der Waals surface area contributed by atoms with Crippen LogP contribution in [0, 0.1) is 0 Å². The van der Waals surface area contributed by atoms with Gasteiger partial charge in [0.15, 0.2) is 11.5 Å². The zero-order valence-electron chi connectivity index (χ0n) is 13.3. The molecular weight excluding hydrogens is 344 g/mol. The summed E-state index contributed by atoms with van der Waals surface area (Å²) in [5.41, 5.74) is 0.872. The molecule has 25 heavy (non-hydrogen) atoms. The lowest BCUT2D eigenvalue weighted by atomic mass is 10.1. The number of benzene rings is 1. The second-order valence-electron chi connectivity index (χ2n) is 5.41. The summed E-state index contributed by atoms with van der Waals surface area (Å²) in [6, 6.07) is 8.99. The fourth-order valence-electron chi connectivity index (χ4n) is 2.62. The van der Waals surface area contributed by atoms with Gasteiger partial charge >= 0.3 is 5.97 Å². The Labute approximate surface area is 149 Å². The van der Waals surface area contributed by atoms with Crippen molar-refractivity contribution in [3.05, 3.63) is 59.1 Å². The predicted molar refractivity (Wildman–Crippen MR) is 93.5 cm³/mol. The highest BCUT2D eigenvalue weighted by atomic mass is 35.5. The van der Waals surface area contributed by atoms with Gasteiger partial charge in [-0.1, -0.05) is 24.6 Å². The molecule has 0 fully saturated rings. The number of carbonyl (C=O) groups is 2. The molecule has 1 aromatic carbocycles. The van der Waals surface area contributed by atoms with E-state index in [2.05, 4.69) is 4.98 Å². The van der Waals surface area contributed by atoms with E-state index in [4.69, 9.17) is 16.3 Å². The average Bonchev–Trinajstić information content (AvgIpc) is 2.59. The van der Waals surface area contributed by atoms with Crippen molar-refractivity contribution in [2.24, 2.45) is 0 Å². The Morgan fingerprint density at radius 3 is 2.84 bits per heavy atom. The number of fused-ring (bicyclic) bond motifs is 1. The van der Waals surface area contributed by atoms with E-state index in [0.717, 1.165) is 0 Å². The molecule has 2 heterocycles. The number of hydrogen-bond acceptors (Lipinski definition) is 4. The van der Waals surface area contributed by atoms with Crippen molar-refractivity contribution >= 4 is 35.2 Å². The van der Waals surface area contributed by atoms with Crippen LogP contribution in [0.5, 0.6) is 5.75 Å². The van der Waals surface area contributed by atoms with Crippen molar-refractivity contribution in [2.75, 3.05) is 4.90 Å². The molecule has 0 saturated carbocycles. The number of aliphatic carboxylic acids is 1. The van der Waals surface area contributed by atoms with Gasteiger partial charge in [0, 0.05) is 17.3 Å². The van der Waals surface area contributed by atoms with Gasteiger partial charge in [-0.05, 0) is 36.8 Å². The van der Waals surface area contributed by atoms with Gasteiger partial charge in [0.2, 0.25) is 0 Å². The Bertz CT molecular complexity index is 851. The van der Waals surface area contributed by atoms with Crippen molar-refractivity contribution in [2.45, 2.75) is 19.4 Å². The number of carboxylic acid groups (broad SMARTS) is 1. The minimum Gasteiger partial charge on any atom is -0.480 e. The summed E-state index contributed by atoms with van der Waals surface area (Å²) in [6.45, 7) is 1.70. The largest absolute Gasteiger partial charge is 0.480 e. The average molecular weight is 359 g/mol. The number of carbonyl (C=O) groups excluding carboxylic acids is 1. The maximum Gasteiger partial charge on any atom is 0.326 e. The first kappa shape index (κ1) is 17.0. The molecule has 1 aliphatic rings. The van der Waals surface area contributed by atoms with E-state index < -0.39 is 17.9 Å². The molecule has 1 unspecified atom stereocenters. The van der Waals surface area contributed by atoms with Gasteiger partial charge in [-0.3, -0.25) is 14.7 Å². The molecule has 3 rings (SSSR count). The summed E-state index contributed by atoms with van der Waals surface area (Å²) in [6.07, 6.45) is 3.32. The zero-order valence-corrected chi connectivity index (χ0v) is 14.1. The van der Waals surface area contributed by atoms with Crippen LogP contribution in [0.3, 0.4) is 0 Å². The van der Waals surface area contributed by atoms with E-state index in [1.165, 1.54) is 17.0 Å². The predicted octanol–water partition coefficient (Wildman–Crippen LogP) is 3.36. The highest BCUT2D eigenvalue weighted by Crippen LogP contribution is 2.39. The number of pyridine rings is 1. The SMILES string of the molecule is CCC(C(=O)O)N1C(=O)/C(=C\c2ccccn2)Oc2ccc(Cl)cc21. The van der Waals surface area contributed by atoms with Gasteiger partial charge in [-0.2, -0.15) is 0 Å². The van der Waals surface area contributed by atoms with Gasteiger partial charge in [0.05, 0.1) is 11.4 Å². The Morgan fingerprint density at radius 2 is 2.20 bits per heavy atom. The molecule has 0 aliphatic carbocycles. The minimum atomic E-state index is -1.10. The van der Waals surface area contributed by atoms with E-state index >= 15 is 0 Å². The zero-order chi connectivity index (χ0) is 18.0. The Kier molecular flexibility index (Phi) is 4.72. The van der Waals surface area contributed by atoms with Crippen LogP contribution in [0.2, 0.25) is 5.02 Å². The molecule has 1 aromatic heterocycles. The summed E-state index contributed by atoms with van der Waals surface area (Å²) in [4.78, 5) is 29.9. The standard InChI is InChI=1S/C18H15ClN2O4/c1-2-13(18(23)24)21-14-9-11(19)6-7-15(14)25-16(17(21)22)10-12-5-3-4-8-20-12/h3-10,13H,2H2,1H3,(H,23,24)/b16-10+. The number of carboxylic acids is 1. The number of nitrogens with zero attached hydrogens (tertiary/aromatic N) is 2. The summed E-state index contributed by atoms with van der Waals surface area (Å²) in [7, 11) is 0. The molecule has 6 nitrogen and oxygen atoms in total. The number of halogens is 1. The molecule has 7 heteroatoms. The number of aromatic nitrogens is 1. The summed E-state index contributed by atoms with van der Waals surface area (Å²) >= 11 is 6.02. The molecule has 1 N–H and O–H groups in total. The highest BCUT2D eigenvalue weighted by molar-refractivity contribution is 6.31. The quantitative estimate of drug-likeness (QED) is 0.848. The molecule has 1 amide bonds. The van der Waals surface area contributed by atoms with Crippen molar-refractivity contribution in [1.29, 1.82) is 0 Å². The smallest absolute Gasteiger partial charge is 0.326 e. The maximum atomic E-state index is 12.9. The molecule has 0 bridgehead atoms. The van der Waals surface area contributed by atoms with Gasteiger partial charge in [0.25, 0.3) is 5.91 Å². The number of amides is 1. The lowest BCUT2D eigenvalue weighted by molar-refractivity contribution is -0.140. The van der Waals surface area contributed by atoms with E-state index in [1.807, 2.05) is 0 Å². The molecule has 1 atom stereocenters. The molecule has 0 spiro atoms.